The minimum Gasteiger partial charge on any atom is -0.495 e. The Morgan fingerprint density at radius 1 is 1.18 bits per heavy atom. The van der Waals surface area contributed by atoms with E-state index in [1.165, 1.54) is 6.26 Å². The van der Waals surface area contributed by atoms with E-state index < -0.39 is 9.84 Å². The summed E-state index contributed by atoms with van der Waals surface area (Å²) in [6.45, 7) is 7.44. The summed E-state index contributed by atoms with van der Waals surface area (Å²) in [4.78, 5) is 9.19. The summed E-state index contributed by atoms with van der Waals surface area (Å²) >= 11 is 0. The average molecular weight is 413 g/mol. The largest absolute Gasteiger partial charge is 0.495 e. The first-order chi connectivity index (χ1) is 13.4. The van der Waals surface area contributed by atoms with Crippen molar-refractivity contribution in [3.8, 4) is 5.75 Å². The Balaban J connectivity index is 1.84. The molecule has 1 saturated heterocycles. The lowest BCUT2D eigenvalue weighted by Crippen LogP contribution is -2.52. The molecule has 1 aliphatic rings. The van der Waals surface area contributed by atoms with Gasteiger partial charge in [0.1, 0.15) is 15.6 Å². The van der Waals surface area contributed by atoms with Gasteiger partial charge in [-0.05, 0) is 19.1 Å². The normalized spacial score (nSPS) is 15.6. The second kappa shape index (κ2) is 11.1. The van der Waals surface area contributed by atoms with Crippen molar-refractivity contribution in [1.29, 1.82) is 0 Å². The third kappa shape index (κ3) is 7.20. The number of piperazine rings is 1. The molecule has 1 N–H and O–H groups in total. The first kappa shape index (κ1) is 22.3. The Morgan fingerprint density at radius 2 is 1.89 bits per heavy atom. The zero-order chi connectivity index (χ0) is 20.4. The Bertz CT molecular complexity index is 731. The number of hydrogen-bond acceptors (Lipinski definition) is 6. The Labute approximate surface area is 168 Å². The second-order valence-corrected chi connectivity index (χ2v) is 8.88. The van der Waals surface area contributed by atoms with Crippen LogP contribution in [-0.2, 0) is 14.6 Å². The van der Waals surface area contributed by atoms with Crippen molar-refractivity contribution in [1.82, 2.24) is 10.2 Å². The third-order valence-electron chi connectivity index (χ3n) is 4.44. The van der Waals surface area contributed by atoms with Gasteiger partial charge in [-0.3, -0.25) is 4.99 Å². The Kier molecular flexibility index (Phi) is 8.85. The lowest BCUT2D eigenvalue weighted by Gasteiger charge is -2.38. The van der Waals surface area contributed by atoms with Gasteiger partial charge in [-0.2, -0.15) is 0 Å². The lowest BCUT2D eigenvalue weighted by atomic mass is 10.2. The summed E-state index contributed by atoms with van der Waals surface area (Å²) < 4.78 is 33.0. The number of aliphatic imine (C=N–C) groups is 1. The molecule has 9 heteroatoms. The zero-order valence-electron chi connectivity index (χ0n) is 17.1. The number of para-hydroxylation sites is 2. The third-order valence-corrected chi connectivity index (χ3v) is 5.34. The number of methoxy groups -OCH3 is 1. The van der Waals surface area contributed by atoms with Gasteiger partial charge in [0.05, 0.1) is 38.3 Å². The molecule has 0 aliphatic carbocycles. The maximum Gasteiger partial charge on any atom is 0.194 e. The monoisotopic (exact) mass is 412 g/mol. The molecule has 1 aromatic rings. The van der Waals surface area contributed by atoms with E-state index in [0.29, 0.717) is 13.2 Å². The molecule has 28 heavy (non-hydrogen) atoms. The van der Waals surface area contributed by atoms with Crippen molar-refractivity contribution in [2.75, 3.05) is 76.5 Å². The number of sulfone groups is 1. The van der Waals surface area contributed by atoms with E-state index in [4.69, 9.17) is 9.47 Å². The van der Waals surface area contributed by atoms with Gasteiger partial charge >= 0.3 is 0 Å². The molecule has 0 atom stereocenters. The smallest absolute Gasteiger partial charge is 0.194 e. The van der Waals surface area contributed by atoms with Crippen LogP contribution in [0.4, 0.5) is 5.69 Å². The number of rotatable bonds is 9. The summed E-state index contributed by atoms with van der Waals surface area (Å²) in [6.07, 6.45) is 1.21. The van der Waals surface area contributed by atoms with Crippen LogP contribution in [-0.4, -0.2) is 90.9 Å². The minimum atomic E-state index is -2.98. The second-order valence-electron chi connectivity index (χ2n) is 6.62. The molecule has 0 amide bonds. The van der Waals surface area contributed by atoms with Crippen LogP contribution >= 0.6 is 0 Å². The van der Waals surface area contributed by atoms with Crippen LogP contribution in [0.2, 0.25) is 0 Å². The van der Waals surface area contributed by atoms with Gasteiger partial charge in [0.15, 0.2) is 5.96 Å². The zero-order valence-corrected chi connectivity index (χ0v) is 17.9. The van der Waals surface area contributed by atoms with Crippen molar-refractivity contribution in [2.24, 2.45) is 4.99 Å². The predicted molar refractivity (Wildman–Crippen MR) is 113 cm³/mol. The minimum absolute atomic E-state index is 0.0433. The highest BCUT2D eigenvalue weighted by molar-refractivity contribution is 7.90. The van der Waals surface area contributed by atoms with Crippen LogP contribution in [0, 0.1) is 0 Å². The van der Waals surface area contributed by atoms with E-state index in [9.17, 15) is 8.42 Å². The molecule has 158 valence electrons. The number of anilines is 1. The van der Waals surface area contributed by atoms with Crippen LogP contribution < -0.4 is 15.0 Å². The van der Waals surface area contributed by atoms with Crippen molar-refractivity contribution < 1.29 is 17.9 Å². The van der Waals surface area contributed by atoms with E-state index in [2.05, 4.69) is 26.2 Å². The molecule has 1 fully saturated rings. The van der Waals surface area contributed by atoms with E-state index in [-0.39, 0.29) is 12.4 Å². The lowest BCUT2D eigenvalue weighted by molar-refractivity contribution is 0.157. The van der Waals surface area contributed by atoms with Crippen LogP contribution in [0.1, 0.15) is 6.92 Å². The highest BCUT2D eigenvalue weighted by Crippen LogP contribution is 2.28. The molecule has 0 radical (unpaired) electrons. The molecule has 2 rings (SSSR count). The van der Waals surface area contributed by atoms with Gasteiger partial charge < -0.3 is 24.6 Å². The van der Waals surface area contributed by atoms with Crippen molar-refractivity contribution >= 4 is 21.5 Å². The summed E-state index contributed by atoms with van der Waals surface area (Å²) in [7, 11) is -1.28. The molecule has 0 saturated carbocycles. The van der Waals surface area contributed by atoms with Crippen molar-refractivity contribution in [3.63, 3.8) is 0 Å². The van der Waals surface area contributed by atoms with Crippen molar-refractivity contribution in [3.05, 3.63) is 24.3 Å². The highest BCUT2D eigenvalue weighted by atomic mass is 32.2. The molecule has 1 heterocycles. The van der Waals surface area contributed by atoms with Crippen LogP contribution in [0.5, 0.6) is 5.75 Å². The van der Waals surface area contributed by atoms with Gasteiger partial charge in [-0.1, -0.05) is 12.1 Å². The maximum absolute atomic E-state index is 11.1. The molecule has 1 aromatic carbocycles. The van der Waals surface area contributed by atoms with Crippen LogP contribution in [0.3, 0.4) is 0 Å². The first-order valence-corrected chi connectivity index (χ1v) is 11.7. The van der Waals surface area contributed by atoms with Crippen LogP contribution in [0.15, 0.2) is 29.3 Å². The topological polar surface area (TPSA) is 83.5 Å². The van der Waals surface area contributed by atoms with Gasteiger partial charge in [0.2, 0.25) is 0 Å². The van der Waals surface area contributed by atoms with Crippen LogP contribution in [0.25, 0.3) is 0 Å². The number of nitrogens with zero attached hydrogens (tertiary/aromatic N) is 3. The number of guanidine groups is 1. The van der Waals surface area contributed by atoms with E-state index in [1.54, 1.807) is 7.11 Å². The summed E-state index contributed by atoms with van der Waals surface area (Å²) in [5.74, 6) is 1.80. The summed E-state index contributed by atoms with van der Waals surface area (Å²) in [6, 6.07) is 8.07. The van der Waals surface area contributed by atoms with Gasteiger partial charge in [0.25, 0.3) is 0 Å². The van der Waals surface area contributed by atoms with E-state index >= 15 is 0 Å². The molecule has 1 aliphatic heterocycles. The van der Waals surface area contributed by atoms with E-state index in [0.717, 1.165) is 50.1 Å². The molecule has 0 spiro atoms. The summed E-state index contributed by atoms with van der Waals surface area (Å²) in [5, 5.41) is 3.33. The fourth-order valence-corrected chi connectivity index (χ4v) is 3.43. The Morgan fingerprint density at radius 3 is 2.54 bits per heavy atom. The van der Waals surface area contributed by atoms with Gasteiger partial charge in [0, 0.05) is 39.0 Å². The first-order valence-electron chi connectivity index (χ1n) is 9.61. The standard InChI is InChI=1S/C19H32N4O4S/c1-4-20-19(21-9-14-27-15-16-28(3,24)25)23-12-10-22(11-13-23)17-7-5-6-8-18(17)26-2/h5-8H,4,9-16H2,1-3H3,(H,20,21). The number of benzene rings is 1. The van der Waals surface area contributed by atoms with E-state index in [1.807, 2.05) is 25.1 Å². The maximum atomic E-state index is 11.1. The number of ether oxygens (including phenoxy) is 2. The quantitative estimate of drug-likeness (QED) is 0.366. The predicted octanol–water partition coefficient (Wildman–Crippen LogP) is 0.844. The molecule has 0 unspecified atom stereocenters. The van der Waals surface area contributed by atoms with Gasteiger partial charge in [-0.15, -0.1) is 0 Å². The molecule has 0 aromatic heterocycles. The molecule has 8 nitrogen and oxygen atoms in total. The SMILES string of the molecule is CCNC(=NCCOCCS(C)(=O)=O)N1CCN(c2ccccc2OC)CC1. The summed E-state index contributed by atoms with van der Waals surface area (Å²) in [5.41, 5.74) is 1.12. The molecule has 0 bridgehead atoms. The molecular weight excluding hydrogens is 380 g/mol. The van der Waals surface area contributed by atoms with Crippen molar-refractivity contribution in [2.45, 2.75) is 6.92 Å². The Hall–Kier alpha value is -2.00. The fourth-order valence-electron chi connectivity index (χ4n) is 3.00. The molecular formula is C19H32N4O4S. The number of hydrogen-bond donors (Lipinski definition) is 1. The highest BCUT2D eigenvalue weighted by Gasteiger charge is 2.21. The number of nitrogens with one attached hydrogen (secondary N) is 1. The average Bonchev–Trinajstić information content (AvgIpc) is 2.69. The fraction of sp³-hybridized carbons (Fsp3) is 0.632. The van der Waals surface area contributed by atoms with Gasteiger partial charge in [-0.25, -0.2) is 8.42 Å².